The van der Waals surface area contributed by atoms with E-state index in [1.165, 1.54) is 23.1 Å². The van der Waals surface area contributed by atoms with Crippen molar-refractivity contribution in [3.05, 3.63) is 17.3 Å². The van der Waals surface area contributed by atoms with Gasteiger partial charge in [0.25, 0.3) is 0 Å². The summed E-state index contributed by atoms with van der Waals surface area (Å²) in [7, 11) is 0. The average Bonchev–Trinajstić information content (AvgIpc) is 2.74. The second kappa shape index (κ2) is 4.51. The molecule has 8 heteroatoms. The maximum Gasteiger partial charge on any atom is 0.238 e. The summed E-state index contributed by atoms with van der Waals surface area (Å²) < 4.78 is 0.847. The summed E-state index contributed by atoms with van der Waals surface area (Å²) in [5, 5.41) is 8.51. The molecule has 0 aliphatic carbocycles. The molecule has 0 fully saturated rings. The molecular weight excluding hydrogens is 232 g/mol. The molecule has 0 radical (unpaired) electrons. The number of hydrazine groups is 1. The monoisotopic (exact) mass is 240 g/mol. The van der Waals surface area contributed by atoms with Crippen LogP contribution in [0.5, 0.6) is 0 Å². The third kappa shape index (κ3) is 2.41. The Labute approximate surface area is 94.3 Å². The maximum absolute atomic E-state index is 5.23. The zero-order chi connectivity index (χ0) is 10.7. The van der Waals surface area contributed by atoms with Crippen LogP contribution in [-0.4, -0.2) is 20.2 Å². The van der Waals surface area contributed by atoms with E-state index >= 15 is 0 Å². The van der Waals surface area contributed by atoms with Crippen molar-refractivity contribution in [1.82, 2.24) is 20.2 Å². The Morgan fingerprint density at radius 2 is 2.40 bits per heavy atom. The normalized spacial score (nSPS) is 10.3. The van der Waals surface area contributed by atoms with E-state index in [1.807, 2.05) is 6.92 Å². The number of nitrogens with one attached hydrogen (secondary N) is 1. The second-order valence-corrected chi connectivity index (χ2v) is 4.70. The number of hydrogen-bond acceptors (Lipinski definition) is 8. The van der Waals surface area contributed by atoms with Crippen LogP contribution in [0.2, 0.25) is 0 Å². The molecule has 2 aromatic rings. The number of nitrogen functional groups attached to an aromatic ring is 1. The van der Waals surface area contributed by atoms with Crippen LogP contribution in [0.4, 0.5) is 5.95 Å². The van der Waals surface area contributed by atoms with E-state index in [-0.39, 0.29) is 0 Å². The van der Waals surface area contributed by atoms with Gasteiger partial charge in [0.15, 0.2) is 4.34 Å². The van der Waals surface area contributed by atoms with Crippen molar-refractivity contribution in [2.24, 2.45) is 5.84 Å². The fourth-order valence-electron chi connectivity index (χ4n) is 0.889. The molecule has 0 aromatic carbocycles. The first-order chi connectivity index (χ1) is 7.29. The van der Waals surface area contributed by atoms with Gasteiger partial charge in [0.05, 0.1) is 0 Å². The molecule has 0 spiro atoms. The molecule has 78 valence electrons. The minimum absolute atomic E-state index is 0.396. The number of hydrogen-bond donors (Lipinski definition) is 2. The molecule has 6 nitrogen and oxygen atoms in total. The minimum Gasteiger partial charge on any atom is -0.292 e. The van der Waals surface area contributed by atoms with Crippen molar-refractivity contribution in [2.45, 2.75) is 16.3 Å². The molecule has 0 aliphatic rings. The zero-order valence-corrected chi connectivity index (χ0v) is 9.47. The lowest BCUT2D eigenvalue weighted by Gasteiger charge is -2.03. The summed E-state index contributed by atoms with van der Waals surface area (Å²) in [6.07, 6.45) is 1.71. The van der Waals surface area contributed by atoms with Crippen LogP contribution >= 0.6 is 23.1 Å². The van der Waals surface area contributed by atoms with Gasteiger partial charge in [-0.3, -0.25) is 5.43 Å². The van der Waals surface area contributed by atoms with Crippen LogP contribution in [0, 0.1) is 6.92 Å². The number of aromatic nitrogens is 4. The van der Waals surface area contributed by atoms with E-state index in [4.69, 9.17) is 5.84 Å². The van der Waals surface area contributed by atoms with Crippen LogP contribution in [0.15, 0.2) is 21.1 Å². The van der Waals surface area contributed by atoms with Crippen LogP contribution in [0.25, 0.3) is 0 Å². The lowest BCUT2D eigenvalue weighted by molar-refractivity contribution is 0.977. The van der Waals surface area contributed by atoms with Crippen molar-refractivity contribution in [1.29, 1.82) is 0 Å². The Balaban J connectivity index is 2.27. The van der Waals surface area contributed by atoms with E-state index in [0.717, 1.165) is 14.9 Å². The number of nitrogens with two attached hydrogens (primary N) is 1. The van der Waals surface area contributed by atoms with Crippen LogP contribution in [0.3, 0.4) is 0 Å². The van der Waals surface area contributed by atoms with Gasteiger partial charge in [-0.05, 0) is 18.7 Å². The largest absolute Gasteiger partial charge is 0.292 e. The van der Waals surface area contributed by atoms with Gasteiger partial charge in [-0.15, -0.1) is 10.2 Å². The van der Waals surface area contributed by atoms with Gasteiger partial charge in [0.1, 0.15) is 10.5 Å². The number of aryl methyl sites for hydroxylation is 1. The van der Waals surface area contributed by atoms with Crippen LogP contribution < -0.4 is 11.3 Å². The molecule has 0 unspecified atom stereocenters. The summed E-state index contributed by atoms with van der Waals surface area (Å²) in [6.45, 7) is 1.93. The van der Waals surface area contributed by atoms with Gasteiger partial charge < -0.3 is 0 Å². The smallest absolute Gasteiger partial charge is 0.238 e. The number of rotatable bonds is 3. The van der Waals surface area contributed by atoms with Gasteiger partial charge in [0.2, 0.25) is 5.95 Å². The van der Waals surface area contributed by atoms with Crippen molar-refractivity contribution in [3.63, 3.8) is 0 Å². The third-order valence-electron chi connectivity index (χ3n) is 1.58. The quantitative estimate of drug-likeness (QED) is 0.471. The summed E-state index contributed by atoms with van der Waals surface area (Å²) >= 11 is 2.92. The van der Waals surface area contributed by atoms with Crippen LogP contribution in [0.1, 0.15) is 5.56 Å². The molecule has 0 atom stereocenters. The summed E-state index contributed by atoms with van der Waals surface area (Å²) in [4.78, 5) is 8.21. The summed E-state index contributed by atoms with van der Waals surface area (Å²) in [5.74, 6) is 5.63. The highest BCUT2D eigenvalue weighted by atomic mass is 32.2. The molecule has 2 heterocycles. The molecular formula is C7H8N6S2. The number of nitrogens with zero attached hydrogens (tertiary/aromatic N) is 4. The van der Waals surface area contributed by atoms with E-state index < -0.39 is 0 Å². The molecule has 0 amide bonds. The van der Waals surface area contributed by atoms with Gasteiger partial charge in [0, 0.05) is 11.8 Å². The van der Waals surface area contributed by atoms with Gasteiger partial charge in [-0.25, -0.2) is 15.8 Å². The van der Waals surface area contributed by atoms with Crippen molar-refractivity contribution in [2.75, 3.05) is 5.43 Å². The first-order valence-electron chi connectivity index (χ1n) is 4.04. The lowest BCUT2D eigenvalue weighted by atomic mass is 10.4. The highest BCUT2D eigenvalue weighted by Crippen LogP contribution is 2.29. The zero-order valence-electron chi connectivity index (χ0n) is 7.84. The van der Waals surface area contributed by atoms with Crippen LogP contribution in [-0.2, 0) is 0 Å². The Hall–Kier alpha value is -1.25. The predicted molar refractivity (Wildman–Crippen MR) is 58.6 cm³/mol. The van der Waals surface area contributed by atoms with Gasteiger partial charge in [-0.2, -0.15) is 0 Å². The maximum atomic E-state index is 5.23. The van der Waals surface area contributed by atoms with E-state index in [1.54, 1.807) is 11.7 Å². The van der Waals surface area contributed by atoms with E-state index in [0.29, 0.717) is 5.95 Å². The van der Waals surface area contributed by atoms with E-state index in [2.05, 4.69) is 25.6 Å². The molecule has 3 N–H and O–H groups in total. The second-order valence-electron chi connectivity index (χ2n) is 2.63. The molecule has 2 rings (SSSR count). The Kier molecular flexibility index (Phi) is 3.09. The summed E-state index contributed by atoms with van der Waals surface area (Å²) in [6, 6.07) is 0. The lowest BCUT2D eigenvalue weighted by Crippen LogP contribution is -2.10. The third-order valence-corrected chi connectivity index (χ3v) is 3.46. The van der Waals surface area contributed by atoms with Gasteiger partial charge in [-0.1, -0.05) is 11.3 Å². The predicted octanol–water partition coefficient (Wildman–Crippen LogP) is 1.07. The Morgan fingerprint density at radius 1 is 1.53 bits per heavy atom. The minimum atomic E-state index is 0.396. The molecule has 0 bridgehead atoms. The van der Waals surface area contributed by atoms with E-state index in [9.17, 15) is 0 Å². The molecule has 15 heavy (non-hydrogen) atoms. The highest BCUT2D eigenvalue weighted by molar-refractivity contribution is 8.01. The fraction of sp³-hybridized carbons (Fsp3) is 0.143. The Morgan fingerprint density at radius 3 is 3.07 bits per heavy atom. The Bertz CT molecular complexity index is 443. The molecule has 2 aromatic heterocycles. The molecule has 0 saturated heterocycles. The molecule has 0 aliphatic heterocycles. The number of anilines is 1. The average molecular weight is 240 g/mol. The highest BCUT2D eigenvalue weighted by Gasteiger charge is 2.07. The van der Waals surface area contributed by atoms with Crippen molar-refractivity contribution >= 4 is 29.0 Å². The van der Waals surface area contributed by atoms with Gasteiger partial charge >= 0.3 is 0 Å². The summed E-state index contributed by atoms with van der Waals surface area (Å²) in [5.41, 5.74) is 5.07. The molecule has 0 saturated carbocycles. The SMILES string of the molecule is Cc1cnc(NN)nc1Sc1nncs1. The first-order valence-corrected chi connectivity index (χ1v) is 5.73. The van der Waals surface area contributed by atoms with Crippen molar-refractivity contribution in [3.8, 4) is 0 Å². The van der Waals surface area contributed by atoms with Crippen molar-refractivity contribution < 1.29 is 0 Å². The topological polar surface area (TPSA) is 89.6 Å². The fourth-order valence-corrected chi connectivity index (χ4v) is 2.33. The standard InChI is InChI=1S/C7H8N6S2/c1-4-2-9-6(12-8)11-5(4)15-7-13-10-3-14-7/h2-3H,8H2,1H3,(H,9,11,12). The first kappa shape index (κ1) is 10.3.